The molecule has 0 saturated heterocycles. The van der Waals surface area contributed by atoms with Gasteiger partial charge in [-0.2, -0.15) is 0 Å². The minimum absolute atomic E-state index is 0.0851. The van der Waals surface area contributed by atoms with Crippen LogP contribution < -0.4 is 5.32 Å². The van der Waals surface area contributed by atoms with Crippen LogP contribution in [-0.4, -0.2) is 18.7 Å². The van der Waals surface area contributed by atoms with Crippen LogP contribution in [0, 0.1) is 5.92 Å². The zero-order valence-corrected chi connectivity index (χ0v) is 9.69. The first-order valence-corrected chi connectivity index (χ1v) is 5.47. The lowest BCUT2D eigenvalue weighted by Gasteiger charge is -2.07. The molecule has 0 aliphatic carbocycles. The Morgan fingerprint density at radius 2 is 1.94 bits per heavy atom. The van der Waals surface area contributed by atoms with E-state index in [1.165, 1.54) is 0 Å². The van der Waals surface area contributed by atoms with E-state index in [2.05, 4.69) is 19.2 Å². The molecular weight excluding hydrogens is 202 g/mol. The number of hydrogen-bond donors (Lipinski definition) is 1. The van der Waals surface area contributed by atoms with E-state index in [9.17, 15) is 9.59 Å². The van der Waals surface area contributed by atoms with Gasteiger partial charge in [0.25, 0.3) is 5.91 Å². The van der Waals surface area contributed by atoms with Crippen molar-refractivity contribution in [3.8, 4) is 0 Å². The molecule has 0 aliphatic rings. The summed E-state index contributed by atoms with van der Waals surface area (Å²) in [6.07, 6.45) is 1.73. The number of amides is 1. The van der Waals surface area contributed by atoms with E-state index >= 15 is 0 Å². The third-order valence-electron chi connectivity index (χ3n) is 2.32. The largest absolute Gasteiger partial charge is 0.352 e. The van der Waals surface area contributed by atoms with E-state index in [4.69, 9.17) is 0 Å². The van der Waals surface area contributed by atoms with Crippen LogP contribution in [0.4, 0.5) is 0 Å². The summed E-state index contributed by atoms with van der Waals surface area (Å²) in [5, 5.41) is 2.84. The van der Waals surface area contributed by atoms with Gasteiger partial charge in [0.1, 0.15) is 6.29 Å². The Morgan fingerprint density at radius 1 is 1.31 bits per heavy atom. The molecule has 0 atom stereocenters. The zero-order chi connectivity index (χ0) is 12.0. The monoisotopic (exact) mass is 219 g/mol. The summed E-state index contributed by atoms with van der Waals surface area (Å²) >= 11 is 0. The molecule has 0 spiro atoms. The van der Waals surface area contributed by atoms with Gasteiger partial charge in [-0.3, -0.25) is 9.59 Å². The SMILES string of the molecule is CC(C)CCNC(=O)c1ccc(C=O)cc1. The van der Waals surface area contributed by atoms with Crippen molar-refractivity contribution in [1.82, 2.24) is 5.32 Å². The third-order valence-corrected chi connectivity index (χ3v) is 2.32. The van der Waals surface area contributed by atoms with Crippen LogP contribution in [0.2, 0.25) is 0 Å². The van der Waals surface area contributed by atoms with E-state index < -0.39 is 0 Å². The Balaban J connectivity index is 2.49. The molecule has 0 bridgehead atoms. The number of aldehydes is 1. The van der Waals surface area contributed by atoms with Gasteiger partial charge in [0.2, 0.25) is 0 Å². The summed E-state index contributed by atoms with van der Waals surface area (Å²) in [6, 6.07) is 6.61. The molecule has 1 aromatic carbocycles. The summed E-state index contributed by atoms with van der Waals surface area (Å²) in [4.78, 5) is 22.1. The number of nitrogens with one attached hydrogen (secondary N) is 1. The molecule has 0 unspecified atom stereocenters. The predicted octanol–water partition coefficient (Wildman–Crippen LogP) is 2.28. The van der Waals surface area contributed by atoms with Crippen molar-refractivity contribution in [1.29, 1.82) is 0 Å². The smallest absolute Gasteiger partial charge is 0.251 e. The van der Waals surface area contributed by atoms with Crippen LogP contribution >= 0.6 is 0 Å². The molecule has 1 amide bonds. The highest BCUT2D eigenvalue weighted by atomic mass is 16.1. The average molecular weight is 219 g/mol. The topological polar surface area (TPSA) is 46.2 Å². The van der Waals surface area contributed by atoms with E-state index in [1.54, 1.807) is 24.3 Å². The molecule has 0 aromatic heterocycles. The van der Waals surface area contributed by atoms with Gasteiger partial charge >= 0.3 is 0 Å². The van der Waals surface area contributed by atoms with Crippen LogP contribution in [0.1, 0.15) is 41.0 Å². The maximum atomic E-state index is 11.6. The second kappa shape index (κ2) is 6.05. The normalized spacial score (nSPS) is 10.2. The number of hydrogen-bond acceptors (Lipinski definition) is 2. The molecule has 86 valence electrons. The molecule has 0 aliphatic heterocycles. The molecule has 3 nitrogen and oxygen atoms in total. The lowest BCUT2D eigenvalue weighted by Crippen LogP contribution is -2.25. The van der Waals surface area contributed by atoms with Crippen LogP contribution in [0.3, 0.4) is 0 Å². The van der Waals surface area contributed by atoms with Gasteiger partial charge < -0.3 is 5.32 Å². The highest BCUT2D eigenvalue weighted by molar-refractivity contribution is 5.94. The molecule has 3 heteroatoms. The van der Waals surface area contributed by atoms with Gasteiger partial charge in [-0.1, -0.05) is 26.0 Å². The first kappa shape index (κ1) is 12.4. The van der Waals surface area contributed by atoms with Crippen molar-refractivity contribution < 1.29 is 9.59 Å². The van der Waals surface area contributed by atoms with Gasteiger partial charge in [0.05, 0.1) is 0 Å². The number of carbonyl (C=O) groups excluding carboxylic acids is 2. The molecule has 1 rings (SSSR count). The highest BCUT2D eigenvalue weighted by Gasteiger charge is 2.04. The van der Waals surface area contributed by atoms with Crippen LogP contribution in [0.5, 0.6) is 0 Å². The van der Waals surface area contributed by atoms with Crippen molar-refractivity contribution in [2.45, 2.75) is 20.3 Å². The molecule has 1 N–H and O–H groups in total. The molecule has 0 heterocycles. The number of rotatable bonds is 5. The van der Waals surface area contributed by atoms with E-state index in [1.807, 2.05) is 0 Å². The minimum atomic E-state index is -0.0851. The first-order chi connectivity index (χ1) is 7.63. The maximum absolute atomic E-state index is 11.6. The van der Waals surface area contributed by atoms with E-state index in [0.29, 0.717) is 23.6 Å². The fourth-order valence-electron chi connectivity index (χ4n) is 1.29. The van der Waals surface area contributed by atoms with Gasteiger partial charge in [-0.25, -0.2) is 0 Å². The third kappa shape index (κ3) is 3.85. The Bertz CT molecular complexity index is 355. The Kier molecular flexibility index (Phi) is 4.70. The maximum Gasteiger partial charge on any atom is 0.251 e. The molecule has 16 heavy (non-hydrogen) atoms. The van der Waals surface area contributed by atoms with Gasteiger partial charge in [-0.05, 0) is 24.5 Å². The average Bonchev–Trinajstić information content (AvgIpc) is 2.28. The van der Waals surface area contributed by atoms with Crippen molar-refractivity contribution in [2.75, 3.05) is 6.54 Å². The molecule has 0 radical (unpaired) electrons. The molecule has 0 fully saturated rings. The van der Waals surface area contributed by atoms with Gasteiger partial charge in [0.15, 0.2) is 0 Å². The second-order valence-corrected chi connectivity index (χ2v) is 4.18. The Hall–Kier alpha value is -1.64. The molecular formula is C13H17NO2. The molecule has 1 aromatic rings. The van der Waals surface area contributed by atoms with E-state index in [0.717, 1.165) is 12.7 Å². The van der Waals surface area contributed by atoms with E-state index in [-0.39, 0.29) is 5.91 Å². The quantitative estimate of drug-likeness (QED) is 0.772. The highest BCUT2D eigenvalue weighted by Crippen LogP contribution is 2.03. The van der Waals surface area contributed by atoms with Crippen LogP contribution in [0.25, 0.3) is 0 Å². The van der Waals surface area contributed by atoms with Crippen molar-refractivity contribution in [3.05, 3.63) is 35.4 Å². The predicted molar refractivity (Wildman–Crippen MR) is 63.6 cm³/mol. The summed E-state index contributed by atoms with van der Waals surface area (Å²) < 4.78 is 0. The Labute approximate surface area is 95.9 Å². The summed E-state index contributed by atoms with van der Waals surface area (Å²) in [5.74, 6) is 0.496. The van der Waals surface area contributed by atoms with Crippen LogP contribution in [0.15, 0.2) is 24.3 Å². The summed E-state index contributed by atoms with van der Waals surface area (Å²) in [7, 11) is 0. The molecule has 0 saturated carbocycles. The fraction of sp³-hybridized carbons (Fsp3) is 0.385. The lowest BCUT2D eigenvalue weighted by molar-refractivity contribution is 0.0951. The van der Waals surface area contributed by atoms with Crippen molar-refractivity contribution in [2.24, 2.45) is 5.92 Å². The lowest BCUT2D eigenvalue weighted by atomic mass is 10.1. The van der Waals surface area contributed by atoms with Crippen molar-refractivity contribution in [3.63, 3.8) is 0 Å². The second-order valence-electron chi connectivity index (χ2n) is 4.18. The number of carbonyl (C=O) groups is 2. The van der Waals surface area contributed by atoms with Crippen LogP contribution in [-0.2, 0) is 0 Å². The standard InChI is InChI=1S/C13H17NO2/c1-10(2)7-8-14-13(16)12-5-3-11(9-15)4-6-12/h3-6,9-10H,7-8H2,1-2H3,(H,14,16). The fourth-order valence-corrected chi connectivity index (χ4v) is 1.29. The van der Waals surface area contributed by atoms with Gasteiger partial charge in [-0.15, -0.1) is 0 Å². The summed E-state index contributed by atoms with van der Waals surface area (Å²) in [6.45, 7) is 4.92. The van der Waals surface area contributed by atoms with Gasteiger partial charge in [0, 0.05) is 17.7 Å². The minimum Gasteiger partial charge on any atom is -0.352 e. The first-order valence-electron chi connectivity index (χ1n) is 5.47. The Morgan fingerprint density at radius 3 is 2.44 bits per heavy atom. The zero-order valence-electron chi connectivity index (χ0n) is 9.69. The number of benzene rings is 1. The summed E-state index contributed by atoms with van der Waals surface area (Å²) in [5.41, 5.74) is 1.17. The van der Waals surface area contributed by atoms with Crippen molar-refractivity contribution >= 4 is 12.2 Å².